The summed E-state index contributed by atoms with van der Waals surface area (Å²) in [6.45, 7) is 7.28. The van der Waals surface area contributed by atoms with Crippen molar-refractivity contribution in [1.29, 1.82) is 0 Å². The van der Waals surface area contributed by atoms with Crippen LogP contribution in [0.25, 0.3) is 0 Å². The average molecular weight is 393 g/mol. The number of phenolic OH excluding ortho intramolecular Hbond substituents is 1. The maximum Gasteiger partial charge on any atom is 0.294 e. The number of amides is 1. The Kier molecular flexibility index (Phi) is 5.51. The normalized spacial score (nSPS) is 19.9. The molecule has 0 saturated heterocycles. The number of benzene rings is 1. The van der Waals surface area contributed by atoms with Crippen LogP contribution in [0.5, 0.6) is 5.75 Å². The smallest absolute Gasteiger partial charge is 0.294 e. The molecule has 0 saturated carbocycles. The highest BCUT2D eigenvalue weighted by Gasteiger charge is 2.47. The van der Waals surface area contributed by atoms with Crippen molar-refractivity contribution in [2.45, 2.75) is 46.6 Å². The van der Waals surface area contributed by atoms with Gasteiger partial charge in [-0.2, -0.15) is 0 Å². The minimum absolute atomic E-state index is 0.0196. The predicted octanol–water partition coefficient (Wildman–Crippen LogP) is 4.88. The number of rotatable bonds is 4. The predicted molar refractivity (Wildman–Crippen MR) is 112 cm³/mol. The van der Waals surface area contributed by atoms with Crippen molar-refractivity contribution in [3.05, 3.63) is 76.7 Å². The molecule has 1 aliphatic carbocycles. The first-order valence-corrected chi connectivity index (χ1v) is 9.83. The van der Waals surface area contributed by atoms with Gasteiger partial charge >= 0.3 is 0 Å². The fraction of sp³-hybridized carbons (Fsp3) is 0.333. The molecule has 152 valence electrons. The molecule has 29 heavy (non-hydrogen) atoms. The van der Waals surface area contributed by atoms with Crippen LogP contribution in [0.4, 0.5) is 0 Å². The summed E-state index contributed by atoms with van der Waals surface area (Å²) in [5, 5.41) is 21.2. The minimum Gasteiger partial charge on any atom is -0.508 e. The summed E-state index contributed by atoms with van der Waals surface area (Å²) in [6, 6.07) is 5.71. The number of allylic oxidation sites excluding steroid dienone is 5. The summed E-state index contributed by atoms with van der Waals surface area (Å²) in [6.07, 6.45) is 9.23. The second-order valence-electron chi connectivity index (χ2n) is 8.31. The zero-order valence-corrected chi connectivity index (χ0v) is 17.3. The van der Waals surface area contributed by atoms with Crippen molar-refractivity contribution in [3.8, 4) is 5.75 Å². The fourth-order valence-corrected chi connectivity index (χ4v) is 3.62. The van der Waals surface area contributed by atoms with Gasteiger partial charge < -0.3 is 10.2 Å². The lowest BCUT2D eigenvalue weighted by molar-refractivity contribution is -0.127. The van der Waals surface area contributed by atoms with Gasteiger partial charge in [-0.1, -0.05) is 69.7 Å². The summed E-state index contributed by atoms with van der Waals surface area (Å²) < 4.78 is 0. The van der Waals surface area contributed by atoms with Crippen molar-refractivity contribution in [1.82, 2.24) is 4.90 Å². The number of para-hydroxylation sites is 1. The zero-order valence-electron chi connectivity index (χ0n) is 17.3. The lowest BCUT2D eigenvalue weighted by atomic mass is 9.82. The van der Waals surface area contributed by atoms with Gasteiger partial charge in [0.1, 0.15) is 5.75 Å². The van der Waals surface area contributed by atoms with E-state index in [1.165, 1.54) is 11.0 Å². The Labute approximate surface area is 171 Å². The Morgan fingerprint density at radius 3 is 2.45 bits per heavy atom. The Bertz CT molecular complexity index is 973. The highest BCUT2D eigenvalue weighted by molar-refractivity contribution is 6.11. The minimum atomic E-state index is -0.894. The third kappa shape index (κ3) is 3.77. The molecule has 2 N–H and O–H groups in total. The number of carbonyl (C=O) groups is 2. The van der Waals surface area contributed by atoms with E-state index in [2.05, 4.69) is 13.0 Å². The maximum atomic E-state index is 13.2. The lowest BCUT2D eigenvalue weighted by Crippen LogP contribution is -2.32. The molecule has 0 fully saturated rings. The van der Waals surface area contributed by atoms with Crippen LogP contribution in [0.2, 0.25) is 0 Å². The summed E-state index contributed by atoms with van der Waals surface area (Å²) >= 11 is 0. The third-order valence-electron chi connectivity index (χ3n) is 5.23. The first-order valence-electron chi connectivity index (χ1n) is 9.83. The number of aliphatic hydroxyl groups excluding tert-OH is 1. The van der Waals surface area contributed by atoms with Gasteiger partial charge in [-0.3, -0.25) is 14.5 Å². The molecule has 1 aromatic rings. The van der Waals surface area contributed by atoms with Gasteiger partial charge in [0.25, 0.3) is 5.91 Å². The number of hydrogen-bond donors (Lipinski definition) is 2. The number of aliphatic hydroxyl groups is 1. The van der Waals surface area contributed by atoms with Crippen LogP contribution in [0.15, 0.2) is 71.2 Å². The van der Waals surface area contributed by atoms with Crippen molar-refractivity contribution in [2.75, 3.05) is 0 Å². The third-order valence-corrected chi connectivity index (χ3v) is 5.23. The largest absolute Gasteiger partial charge is 0.508 e. The van der Waals surface area contributed by atoms with Crippen LogP contribution >= 0.6 is 0 Å². The molecule has 2 aliphatic rings. The topological polar surface area (TPSA) is 77.8 Å². The Hall–Kier alpha value is -3.08. The van der Waals surface area contributed by atoms with Crippen LogP contribution in [0.3, 0.4) is 0 Å². The first-order chi connectivity index (χ1) is 13.7. The van der Waals surface area contributed by atoms with E-state index >= 15 is 0 Å². The quantitative estimate of drug-likeness (QED) is 0.764. The monoisotopic (exact) mass is 393 g/mol. The van der Waals surface area contributed by atoms with Gasteiger partial charge in [0, 0.05) is 16.7 Å². The molecule has 1 atom stereocenters. The van der Waals surface area contributed by atoms with Crippen molar-refractivity contribution < 1.29 is 19.8 Å². The zero-order chi connectivity index (χ0) is 21.3. The van der Waals surface area contributed by atoms with E-state index in [1.807, 2.05) is 18.2 Å². The summed E-state index contributed by atoms with van der Waals surface area (Å²) in [5.41, 5.74) is 1.36. The molecule has 0 aromatic heterocycles. The molecule has 1 aliphatic heterocycles. The Morgan fingerprint density at radius 2 is 1.83 bits per heavy atom. The van der Waals surface area contributed by atoms with Gasteiger partial charge in [0.05, 0.1) is 11.6 Å². The number of ketones is 1. The molecule has 1 aromatic carbocycles. The second-order valence-corrected chi connectivity index (χ2v) is 8.31. The van der Waals surface area contributed by atoms with E-state index in [0.29, 0.717) is 17.7 Å². The number of hydrogen-bond acceptors (Lipinski definition) is 4. The van der Waals surface area contributed by atoms with Crippen LogP contribution in [0.1, 0.15) is 52.1 Å². The van der Waals surface area contributed by atoms with E-state index in [4.69, 9.17) is 0 Å². The number of carbonyl (C=O) groups excluding carboxylic acids is 2. The number of aromatic hydroxyl groups is 1. The molecule has 5 nitrogen and oxygen atoms in total. The highest BCUT2D eigenvalue weighted by Crippen LogP contribution is 2.45. The van der Waals surface area contributed by atoms with Crippen LogP contribution in [-0.4, -0.2) is 26.8 Å². The standard InChI is InChI=1S/C24H27NO4/c1-5-15-9-8-10-16(14-13-15)25-20(17-11-6-7-12-18(17)26)19(21(27)23(25)29)22(28)24(2,3)4/h6-7,9-14,20,26-27H,5,8H2,1-4H3. The maximum absolute atomic E-state index is 13.2. The molecule has 1 amide bonds. The van der Waals surface area contributed by atoms with Crippen molar-refractivity contribution in [3.63, 3.8) is 0 Å². The van der Waals surface area contributed by atoms with Crippen molar-refractivity contribution in [2.24, 2.45) is 5.41 Å². The highest BCUT2D eigenvalue weighted by atomic mass is 16.3. The van der Waals surface area contributed by atoms with Crippen LogP contribution in [-0.2, 0) is 9.59 Å². The summed E-state index contributed by atoms with van der Waals surface area (Å²) in [4.78, 5) is 27.7. The molecule has 1 heterocycles. The first kappa shape index (κ1) is 20.6. The Balaban J connectivity index is 2.17. The summed E-state index contributed by atoms with van der Waals surface area (Å²) in [7, 11) is 0. The van der Waals surface area contributed by atoms with E-state index in [9.17, 15) is 19.8 Å². The van der Waals surface area contributed by atoms with Crippen LogP contribution in [0, 0.1) is 5.41 Å². The molecule has 5 heteroatoms. The Morgan fingerprint density at radius 1 is 1.14 bits per heavy atom. The van der Waals surface area contributed by atoms with Gasteiger partial charge in [-0.15, -0.1) is 0 Å². The molecule has 3 rings (SSSR count). The number of Topliss-reactive ketones (excluding diaryl/α,β-unsaturated/α-hetero) is 1. The molecular weight excluding hydrogens is 366 g/mol. The number of nitrogens with zero attached hydrogens (tertiary/aromatic N) is 1. The van der Waals surface area contributed by atoms with Crippen LogP contribution < -0.4 is 0 Å². The summed E-state index contributed by atoms with van der Waals surface area (Å²) in [5.74, 6) is -1.55. The molecule has 0 bridgehead atoms. The molecular formula is C24H27NO4. The van der Waals surface area contributed by atoms with Gasteiger partial charge in [0.2, 0.25) is 0 Å². The second kappa shape index (κ2) is 7.74. The fourth-order valence-electron chi connectivity index (χ4n) is 3.62. The average Bonchev–Trinajstić information content (AvgIpc) is 2.83. The van der Waals surface area contributed by atoms with E-state index in [0.717, 1.165) is 12.0 Å². The van der Waals surface area contributed by atoms with Gasteiger partial charge in [-0.05, 0) is 25.0 Å². The van der Waals surface area contributed by atoms with E-state index < -0.39 is 23.1 Å². The van der Waals surface area contributed by atoms with E-state index in [1.54, 1.807) is 39.0 Å². The van der Waals surface area contributed by atoms with Gasteiger partial charge in [-0.25, -0.2) is 0 Å². The molecule has 0 spiro atoms. The molecule has 1 unspecified atom stereocenters. The van der Waals surface area contributed by atoms with Crippen molar-refractivity contribution >= 4 is 11.7 Å². The van der Waals surface area contributed by atoms with Gasteiger partial charge in [0.15, 0.2) is 11.5 Å². The lowest BCUT2D eigenvalue weighted by Gasteiger charge is -2.30. The molecule has 0 radical (unpaired) electrons. The van der Waals surface area contributed by atoms with E-state index in [-0.39, 0.29) is 17.1 Å². The SMILES string of the molecule is CCC1=CCC=C(N2C(=O)C(O)=C(C(=O)C(C)(C)C)C2c2ccccc2O)C=C1. The number of phenols is 1.